The predicted molar refractivity (Wildman–Crippen MR) is 102 cm³/mol. The number of anilines is 1. The number of nitrogens with one attached hydrogen (secondary N) is 1. The van der Waals surface area contributed by atoms with Crippen LogP contribution in [-0.4, -0.2) is 20.9 Å². The van der Waals surface area contributed by atoms with E-state index in [-0.39, 0.29) is 18.4 Å². The van der Waals surface area contributed by atoms with Crippen LogP contribution in [0.15, 0.2) is 30.3 Å². The fourth-order valence-electron chi connectivity index (χ4n) is 3.23. The van der Waals surface area contributed by atoms with Gasteiger partial charge in [0.1, 0.15) is 5.82 Å². The maximum absolute atomic E-state index is 13.9. The molecule has 0 atom stereocenters. The number of fused-ring (bicyclic) bond motifs is 4. The number of urea groups is 1. The molecule has 3 heterocycles. The highest BCUT2D eigenvalue weighted by molar-refractivity contribution is 7.28. The Balaban J connectivity index is 1.42. The van der Waals surface area contributed by atoms with Gasteiger partial charge in [0, 0.05) is 12.1 Å². The molecular weight excluding hydrogens is 371 g/mol. The molecule has 0 saturated carbocycles. The lowest BCUT2D eigenvalue weighted by Gasteiger charge is -2.14. The second-order valence-electron chi connectivity index (χ2n) is 6.18. The smallest absolute Gasteiger partial charge is 0.316 e. The monoisotopic (exact) mass is 384 g/mol. The second kappa shape index (κ2) is 5.72. The first-order chi connectivity index (χ1) is 12.6. The molecule has 4 aromatic rings. The first-order valence-corrected chi connectivity index (χ1v) is 9.70. The fraction of sp³-hybridized carbons (Fsp3) is 0.167. The maximum Gasteiger partial charge on any atom is 0.324 e. The first-order valence-electron chi connectivity index (χ1n) is 8.07. The molecule has 0 radical (unpaired) electrons. The lowest BCUT2D eigenvalue weighted by atomic mass is 10.1. The molecular formula is C18H13FN4OS2. The van der Waals surface area contributed by atoms with Crippen molar-refractivity contribution < 1.29 is 9.18 Å². The highest BCUT2D eigenvalue weighted by Gasteiger charge is 2.26. The largest absolute Gasteiger partial charge is 0.324 e. The summed E-state index contributed by atoms with van der Waals surface area (Å²) in [6.07, 6.45) is 0. The molecule has 2 aromatic heterocycles. The number of benzene rings is 2. The fourth-order valence-corrected chi connectivity index (χ4v) is 5.23. The third-order valence-corrected chi connectivity index (χ3v) is 6.58. The highest BCUT2D eigenvalue weighted by Crippen LogP contribution is 2.36. The lowest BCUT2D eigenvalue weighted by Crippen LogP contribution is -2.30. The number of hydrogen-bond donors (Lipinski definition) is 1. The molecule has 0 spiro atoms. The van der Waals surface area contributed by atoms with Crippen molar-refractivity contribution in [2.75, 3.05) is 5.32 Å². The van der Waals surface area contributed by atoms with Gasteiger partial charge >= 0.3 is 6.03 Å². The summed E-state index contributed by atoms with van der Waals surface area (Å²) in [4.78, 5) is 23.2. The number of hydrogen-bond acceptors (Lipinski definition) is 5. The van der Waals surface area contributed by atoms with E-state index < -0.39 is 0 Å². The molecule has 5 rings (SSSR count). The SMILES string of the molecule is Cc1nc2ccc3nc(NC(=O)N4Cc5cccc(F)c5C4)sc3c2s1. The maximum atomic E-state index is 13.9. The van der Waals surface area contributed by atoms with Crippen LogP contribution < -0.4 is 5.32 Å². The molecule has 130 valence electrons. The van der Waals surface area contributed by atoms with Crippen LogP contribution in [0.2, 0.25) is 0 Å². The molecule has 0 unspecified atom stereocenters. The van der Waals surface area contributed by atoms with E-state index in [1.54, 1.807) is 22.3 Å². The van der Waals surface area contributed by atoms with Crippen LogP contribution in [0.1, 0.15) is 16.1 Å². The number of carbonyl (C=O) groups is 1. The third kappa shape index (κ3) is 2.45. The van der Waals surface area contributed by atoms with Gasteiger partial charge in [0.25, 0.3) is 0 Å². The minimum atomic E-state index is -0.267. The predicted octanol–water partition coefficient (Wildman–Crippen LogP) is 4.90. The summed E-state index contributed by atoms with van der Waals surface area (Å²) in [7, 11) is 0. The lowest BCUT2D eigenvalue weighted by molar-refractivity contribution is 0.212. The van der Waals surface area contributed by atoms with E-state index in [4.69, 9.17) is 0 Å². The Bertz CT molecular complexity index is 1180. The van der Waals surface area contributed by atoms with Crippen LogP contribution >= 0.6 is 22.7 Å². The van der Waals surface area contributed by atoms with E-state index in [2.05, 4.69) is 15.3 Å². The van der Waals surface area contributed by atoms with Gasteiger partial charge in [-0.1, -0.05) is 23.5 Å². The molecule has 1 aliphatic rings. The molecule has 1 N–H and O–H groups in total. The van der Waals surface area contributed by atoms with Crippen molar-refractivity contribution in [2.45, 2.75) is 20.0 Å². The van der Waals surface area contributed by atoms with E-state index in [0.717, 1.165) is 31.0 Å². The Morgan fingerprint density at radius 1 is 1.12 bits per heavy atom. The van der Waals surface area contributed by atoms with Gasteiger partial charge in [-0.25, -0.2) is 19.2 Å². The van der Waals surface area contributed by atoms with E-state index in [1.807, 2.05) is 25.1 Å². The van der Waals surface area contributed by atoms with E-state index in [1.165, 1.54) is 17.4 Å². The first kappa shape index (κ1) is 15.7. The van der Waals surface area contributed by atoms with Crippen molar-refractivity contribution in [3.63, 3.8) is 0 Å². The zero-order valence-corrected chi connectivity index (χ0v) is 15.4. The molecule has 1 aliphatic heterocycles. The van der Waals surface area contributed by atoms with Gasteiger partial charge in [-0.3, -0.25) is 5.32 Å². The van der Waals surface area contributed by atoms with Crippen LogP contribution in [0.5, 0.6) is 0 Å². The van der Waals surface area contributed by atoms with Gasteiger partial charge in [-0.15, -0.1) is 11.3 Å². The van der Waals surface area contributed by atoms with E-state index in [9.17, 15) is 9.18 Å². The molecule has 2 amide bonds. The van der Waals surface area contributed by atoms with Crippen molar-refractivity contribution in [1.82, 2.24) is 14.9 Å². The molecule has 5 nitrogen and oxygen atoms in total. The Labute approximate surface area is 156 Å². The molecule has 8 heteroatoms. The highest BCUT2D eigenvalue weighted by atomic mass is 32.1. The van der Waals surface area contributed by atoms with Gasteiger partial charge in [-0.2, -0.15) is 0 Å². The summed E-state index contributed by atoms with van der Waals surface area (Å²) < 4.78 is 16.0. The quantitative estimate of drug-likeness (QED) is 0.508. The molecule has 0 saturated heterocycles. The summed E-state index contributed by atoms with van der Waals surface area (Å²) in [5.41, 5.74) is 3.24. The number of amides is 2. The van der Waals surface area contributed by atoms with Gasteiger partial charge in [0.2, 0.25) is 0 Å². The Morgan fingerprint density at radius 3 is 2.69 bits per heavy atom. The zero-order chi connectivity index (χ0) is 17.8. The summed E-state index contributed by atoms with van der Waals surface area (Å²) in [5.74, 6) is -0.263. The molecule has 2 aromatic carbocycles. The average Bonchev–Trinajstić information content (AvgIpc) is 3.29. The number of halogens is 1. The summed E-state index contributed by atoms with van der Waals surface area (Å²) >= 11 is 3.07. The molecule has 0 bridgehead atoms. The number of aromatic nitrogens is 2. The zero-order valence-electron chi connectivity index (χ0n) is 13.7. The van der Waals surface area contributed by atoms with Crippen molar-refractivity contribution >= 4 is 54.3 Å². The van der Waals surface area contributed by atoms with E-state index in [0.29, 0.717) is 17.2 Å². The minimum absolute atomic E-state index is 0.263. The number of carbonyl (C=O) groups excluding carboxylic acids is 1. The Kier molecular flexibility index (Phi) is 3.44. The summed E-state index contributed by atoms with van der Waals surface area (Å²) in [6, 6.07) is 8.56. The van der Waals surface area contributed by atoms with Gasteiger partial charge < -0.3 is 4.90 Å². The Morgan fingerprint density at radius 2 is 1.88 bits per heavy atom. The van der Waals surface area contributed by atoms with Gasteiger partial charge in [0.15, 0.2) is 5.13 Å². The number of thiazole rings is 2. The topological polar surface area (TPSA) is 58.1 Å². The van der Waals surface area contributed by atoms with Gasteiger partial charge in [-0.05, 0) is 30.7 Å². The van der Waals surface area contributed by atoms with Crippen LogP contribution in [0, 0.1) is 12.7 Å². The molecule has 0 fully saturated rings. The summed E-state index contributed by atoms with van der Waals surface area (Å²) in [5, 5.41) is 4.40. The van der Waals surface area contributed by atoms with Crippen LogP contribution in [0.3, 0.4) is 0 Å². The molecule has 26 heavy (non-hydrogen) atoms. The number of nitrogens with zero attached hydrogens (tertiary/aromatic N) is 3. The average molecular weight is 384 g/mol. The van der Waals surface area contributed by atoms with Crippen molar-refractivity contribution in [1.29, 1.82) is 0 Å². The van der Waals surface area contributed by atoms with E-state index >= 15 is 0 Å². The molecule has 0 aliphatic carbocycles. The normalized spacial score (nSPS) is 13.5. The van der Waals surface area contributed by atoms with Crippen LogP contribution in [0.4, 0.5) is 14.3 Å². The van der Waals surface area contributed by atoms with Crippen molar-refractivity contribution in [3.8, 4) is 0 Å². The number of aryl methyl sites for hydroxylation is 1. The number of rotatable bonds is 1. The van der Waals surface area contributed by atoms with Crippen molar-refractivity contribution in [3.05, 3.63) is 52.3 Å². The van der Waals surface area contributed by atoms with Gasteiger partial charge in [0.05, 0.1) is 32.0 Å². The Hall–Kier alpha value is -2.58. The summed E-state index contributed by atoms with van der Waals surface area (Å²) in [6.45, 7) is 2.66. The third-order valence-electron chi connectivity index (χ3n) is 4.45. The van der Waals surface area contributed by atoms with Crippen molar-refractivity contribution in [2.24, 2.45) is 0 Å². The standard InChI is InChI=1S/C18H13FN4OS2/c1-9-20-13-5-6-14-16(15(13)25-9)26-17(21-14)22-18(24)23-7-10-3-2-4-12(19)11(10)8-23/h2-6H,7-8H2,1H3,(H,21,22,24). The second-order valence-corrected chi connectivity index (χ2v) is 8.38. The van der Waals surface area contributed by atoms with Crippen LogP contribution in [0.25, 0.3) is 20.4 Å². The van der Waals surface area contributed by atoms with Crippen LogP contribution in [-0.2, 0) is 13.1 Å². The minimum Gasteiger partial charge on any atom is -0.316 e.